The van der Waals surface area contributed by atoms with Gasteiger partial charge in [-0.25, -0.2) is 8.42 Å². The van der Waals surface area contributed by atoms with Gasteiger partial charge in [-0.1, -0.05) is 32.4 Å². The van der Waals surface area contributed by atoms with Crippen LogP contribution in [0.2, 0.25) is 0 Å². The van der Waals surface area contributed by atoms with E-state index in [-0.39, 0.29) is 18.5 Å². The summed E-state index contributed by atoms with van der Waals surface area (Å²) in [5.41, 5.74) is 1.68. The van der Waals surface area contributed by atoms with Crippen LogP contribution in [0.5, 0.6) is 0 Å². The van der Waals surface area contributed by atoms with Gasteiger partial charge in [0, 0.05) is 6.04 Å². The lowest BCUT2D eigenvalue weighted by atomic mass is 9.95. The minimum atomic E-state index is -3.52. The number of amides is 1. The molecule has 0 spiro atoms. The third-order valence-corrected chi connectivity index (χ3v) is 6.76. The molecular weight excluding hydrogens is 336 g/mol. The normalized spacial score (nSPS) is 25.4. The molecular formula is C19H28N2O3S. The van der Waals surface area contributed by atoms with Gasteiger partial charge in [0.25, 0.3) is 0 Å². The molecule has 25 heavy (non-hydrogen) atoms. The number of nitrogens with one attached hydrogen (secondary N) is 1. The molecule has 1 amide bonds. The first kappa shape index (κ1) is 18.2. The summed E-state index contributed by atoms with van der Waals surface area (Å²) in [7, 11) is -3.52. The van der Waals surface area contributed by atoms with E-state index in [4.69, 9.17) is 0 Å². The number of sulfonamides is 1. The highest BCUT2D eigenvalue weighted by atomic mass is 32.2. The average Bonchev–Trinajstić information content (AvgIpc) is 3.14. The molecule has 0 unspecified atom stereocenters. The zero-order valence-corrected chi connectivity index (χ0v) is 16.1. The molecule has 0 aliphatic heterocycles. The van der Waals surface area contributed by atoms with Crippen molar-refractivity contribution < 1.29 is 13.2 Å². The Kier molecular flexibility index (Phi) is 5.09. The quantitative estimate of drug-likeness (QED) is 0.844. The molecule has 1 aromatic carbocycles. The molecule has 138 valence electrons. The molecule has 0 saturated heterocycles. The zero-order valence-electron chi connectivity index (χ0n) is 15.2. The summed E-state index contributed by atoms with van der Waals surface area (Å²) >= 11 is 0. The molecule has 6 heteroatoms. The van der Waals surface area contributed by atoms with Gasteiger partial charge < -0.3 is 5.32 Å². The van der Waals surface area contributed by atoms with Gasteiger partial charge in [0.05, 0.1) is 11.9 Å². The average molecular weight is 365 g/mol. The van der Waals surface area contributed by atoms with Gasteiger partial charge in [-0.05, 0) is 54.7 Å². The fourth-order valence-electron chi connectivity index (χ4n) is 4.23. The number of hydrogen-bond acceptors (Lipinski definition) is 3. The number of rotatable bonds is 6. The van der Waals surface area contributed by atoms with Crippen LogP contribution in [0.1, 0.15) is 51.0 Å². The van der Waals surface area contributed by atoms with Crippen molar-refractivity contribution in [1.82, 2.24) is 5.32 Å². The van der Waals surface area contributed by atoms with E-state index in [0.717, 1.165) is 24.2 Å². The Hall–Kier alpha value is -1.56. The van der Waals surface area contributed by atoms with E-state index in [1.54, 1.807) is 12.1 Å². The number of nitrogens with zero attached hydrogens (tertiary/aromatic N) is 1. The highest BCUT2D eigenvalue weighted by Gasteiger charge is 2.40. The SMILES string of the molecule is CC(C)c1ccc(N(CC(=O)N[C@H]2C[C@@H]3CC[C@@H]2C3)S(C)(=O)=O)cc1. The first-order chi connectivity index (χ1) is 11.7. The third-order valence-electron chi connectivity index (χ3n) is 5.62. The number of fused-ring (bicyclic) bond motifs is 2. The van der Waals surface area contributed by atoms with Crippen LogP contribution in [0.25, 0.3) is 0 Å². The molecule has 2 aliphatic rings. The largest absolute Gasteiger partial charge is 0.352 e. The smallest absolute Gasteiger partial charge is 0.241 e. The minimum Gasteiger partial charge on any atom is -0.352 e. The predicted molar refractivity (Wildman–Crippen MR) is 100 cm³/mol. The van der Waals surface area contributed by atoms with Crippen LogP contribution >= 0.6 is 0 Å². The van der Waals surface area contributed by atoms with Gasteiger partial charge in [-0.15, -0.1) is 0 Å². The molecule has 0 aromatic heterocycles. The molecule has 0 radical (unpaired) electrons. The van der Waals surface area contributed by atoms with Crippen molar-refractivity contribution in [2.75, 3.05) is 17.1 Å². The molecule has 2 aliphatic carbocycles. The van der Waals surface area contributed by atoms with E-state index >= 15 is 0 Å². The number of benzene rings is 1. The second-order valence-corrected chi connectivity index (χ2v) is 9.77. The van der Waals surface area contributed by atoms with Crippen LogP contribution in [0, 0.1) is 11.8 Å². The Labute approximate surface area is 150 Å². The Morgan fingerprint density at radius 2 is 1.88 bits per heavy atom. The minimum absolute atomic E-state index is 0.159. The summed E-state index contributed by atoms with van der Waals surface area (Å²) in [6.45, 7) is 4.02. The molecule has 2 saturated carbocycles. The Morgan fingerprint density at radius 3 is 2.36 bits per heavy atom. The van der Waals surface area contributed by atoms with Gasteiger partial charge in [0.15, 0.2) is 0 Å². The van der Waals surface area contributed by atoms with Crippen LogP contribution in [0.4, 0.5) is 5.69 Å². The molecule has 0 heterocycles. The third kappa shape index (κ3) is 4.17. The van der Waals surface area contributed by atoms with Crippen molar-refractivity contribution in [3.8, 4) is 0 Å². The number of hydrogen-bond donors (Lipinski definition) is 1. The summed E-state index contributed by atoms with van der Waals surface area (Å²) < 4.78 is 25.6. The Balaban J connectivity index is 1.69. The molecule has 3 rings (SSSR count). The summed E-state index contributed by atoms with van der Waals surface area (Å²) in [5.74, 6) is 1.48. The van der Waals surface area contributed by atoms with Crippen LogP contribution in [0.15, 0.2) is 24.3 Å². The summed E-state index contributed by atoms with van der Waals surface area (Å²) in [6, 6.07) is 7.62. The highest BCUT2D eigenvalue weighted by molar-refractivity contribution is 7.92. The summed E-state index contributed by atoms with van der Waals surface area (Å²) in [4.78, 5) is 12.5. The van der Waals surface area contributed by atoms with E-state index < -0.39 is 10.0 Å². The maximum absolute atomic E-state index is 12.5. The lowest BCUT2D eigenvalue weighted by Gasteiger charge is -2.26. The Morgan fingerprint density at radius 1 is 1.20 bits per heavy atom. The fourth-order valence-corrected chi connectivity index (χ4v) is 5.09. The Bertz CT molecular complexity index is 728. The monoisotopic (exact) mass is 364 g/mol. The second kappa shape index (κ2) is 6.98. The summed E-state index contributed by atoms with van der Waals surface area (Å²) in [6.07, 6.45) is 5.85. The van der Waals surface area contributed by atoms with Gasteiger partial charge >= 0.3 is 0 Å². The number of carbonyl (C=O) groups is 1. The van der Waals surface area contributed by atoms with Gasteiger partial charge in [0.2, 0.25) is 15.9 Å². The van der Waals surface area contributed by atoms with Crippen molar-refractivity contribution in [2.24, 2.45) is 11.8 Å². The van der Waals surface area contributed by atoms with Crippen molar-refractivity contribution in [3.63, 3.8) is 0 Å². The van der Waals surface area contributed by atoms with Crippen molar-refractivity contribution in [1.29, 1.82) is 0 Å². The van der Waals surface area contributed by atoms with Crippen LogP contribution in [-0.4, -0.2) is 33.2 Å². The van der Waals surface area contributed by atoms with Crippen LogP contribution in [-0.2, 0) is 14.8 Å². The number of carbonyl (C=O) groups excluding carboxylic acids is 1. The van der Waals surface area contributed by atoms with Gasteiger partial charge in [-0.2, -0.15) is 0 Å². The molecule has 2 bridgehead atoms. The van der Waals surface area contributed by atoms with E-state index in [9.17, 15) is 13.2 Å². The first-order valence-electron chi connectivity index (χ1n) is 9.11. The van der Waals surface area contributed by atoms with Gasteiger partial charge in [-0.3, -0.25) is 9.10 Å². The van der Waals surface area contributed by atoms with Crippen LogP contribution < -0.4 is 9.62 Å². The van der Waals surface area contributed by atoms with E-state index in [1.165, 1.54) is 23.6 Å². The maximum atomic E-state index is 12.5. The van der Waals surface area contributed by atoms with Crippen molar-refractivity contribution in [2.45, 2.75) is 51.5 Å². The van der Waals surface area contributed by atoms with Crippen LogP contribution in [0.3, 0.4) is 0 Å². The lowest BCUT2D eigenvalue weighted by molar-refractivity contribution is -0.120. The first-order valence-corrected chi connectivity index (χ1v) is 11.0. The van der Waals surface area contributed by atoms with E-state index in [1.807, 2.05) is 12.1 Å². The van der Waals surface area contributed by atoms with E-state index in [0.29, 0.717) is 17.5 Å². The van der Waals surface area contributed by atoms with E-state index in [2.05, 4.69) is 19.2 Å². The van der Waals surface area contributed by atoms with Crippen molar-refractivity contribution >= 4 is 21.6 Å². The molecule has 2 fully saturated rings. The second-order valence-electron chi connectivity index (χ2n) is 7.86. The molecule has 3 atom stereocenters. The maximum Gasteiger partial charge on any atom is 0.241 e. The van der Waals surface area contributed by atoms with Crippen molar-refractivity contribution in [3.05, 3.63) is 29.8 Å². The zero-order chi connectivity index (χ0) is 18.2. The standard InChI is InChI=1S/C19H28N2O3S/c1-13(2)15-6-8-17(9-7-15)21(25(3,23)24)12-19(22)20-18-11-14-4-5-16(18)10-14/h6-9,13-14,16,18H,4-5,10-12H2,1-3H3,(H,20,22)/t14-,16-,18+/m1/s1. The molecule has 5 nitrogen and oxygen atoms in total. The topological polar surface area (TPSA) is 66.5 Å². The molecule has 1 aromatic rings. The highest BCUT2D eigenvalue weighted by Crippen LogP contribution is 2.44. The fraction of sp³-hybridized carbons (Fsp3) is 0.632. The number of anilines is 1. The summed E-state index contributed by atoms with van der Waals surface area (Å²) in [5, 5.41) is 3.07. The predicted octanol–water partition coefficient (Wildman–Crippen LogP) is 2.88. The van der Waals surface area contributed by atoms with Gasteiger partial charge in [0.1, 0.15) is 6.54 Å². The lowest BCUT2D eigenvalue weighted by Crippen LogP contribution is -2.45. The molecule has 1 N–H and O–H groups in total.